The van der Waals surface area contributed by atoms with Gasteiger partial charge in [-0.25, -0.2) is 0 Å². The monoisotopic (exact) mass is 253 g/mol. The number of rotatable bonds is 6. The second-order valence-corrected chi connectivity index (χ2v) is 6.26. The van der Waals surface area contributed by atoms with Crippen molar-refractivity contribution in [1.29, 1.82) is 0 Å². The summed E-state index contributed by atoms with van der Waals surface area (Å²) in [6.45, 7) is 5.46. The first-order chi connectivity index (χ1) is 8.31. The summed E-state index contributed by atoms with van der Waals surface area (Å²) >= 11 is 1.89. The third kappa shape index (κ3) is 3.07. The van der Waals surface area contributed by atoms with E-state index in [1.807, 2.05) is 11.3 Å². The van der Waals surface area contributed by atoms with E-state index in [1.54, 1.807) is 0 Å². The minimum absolute atomic E-state index is 0.322. The van der Waals surface area contributed by atoms with Crippen LogP contribution in [0.25, 0.3) is 0 Å². The standard InChI is InChI=1S/C13H19NO2S/c1-9-10(6-16-12-7-15-8-12)4-13(17-9)5-14-11-2-3-11/h4,11-12,14H,2-3,5-8H2,1H3. The van der Waals surface area contributed by atoms with E-state index in [1.165, 1.54) is 28.2 Å². The SMILES string of the molecule is Cc1sc(CNC2CC2)cc1COC1COC1. The number of hydrogen-bond donors (Lipinski definition) is 1. The Hall–Kier alpha value is -0.420. The molecule has 1 aromatic heterocycles. The lowest BCUT2D eigenvalue weighted by Gasteiger charge is -2.25. The second kappa shape index (κ2) is 5.06. The van der Waals surface area contributed by atoms with Crippen molar-refractivity contribution in [1.82, 2.24) is 5.32 Å². The number of hydrogen-bond acceptors (Lipinski definition) is 4. The fourth-order valence-electron chi connectivity index (χ4n) is 1.87. The van der Waals surface area contributed by atoms with Crippen molar-refractivity contribution in [3.8, 4) is 0 Å². The Morgan fingerprint density at radius 3 is 2.94 bits per heavy atom. The molecule has 0 atom stereocenters. The zero-order chi connectivity index (χ0) is 11.7. The number of thiophene rings is 1. The van der Waals surface area contributed by atoms with Crippen molar-refractivity contribution in [3.05, 3.63) is 21.4 Å². The average Bonchev–Trinajstić information content (AvgIpc) is 3.00. The van der Waals surface area contributed by atoms with E-state index in [0.29, 0.717) is 6.10 Å². The molecule has 1 saturated carbocycles. The van der Waals surface area contributed by atoms with Crippen LogP contribution >= 0.6 is 11.3 Å². The lowest BCUT2D eigenvalue weighted by atomic mass is 10.2. The Labute approximate surface area is 106 Å². The fourth-order valence-corrected chi connectivity index (χ4v) is 2.87. The van der Waals surface area contributed by atoms with Crippen LogP contribution in [-0.2, 0) is 22.6 Å². The zero-order valence-corrected chi connectivity index (χ0v) is 11.0. The van der Waals surface area contributed by atoms with Crippen LogP contribution in [0.15, 0.2) is 6.07 Å². The minimum Gasteiger partial charge on any atom is -0.376 e. The zero-order valence-electron chi connectivity index (χ0n) is 10.2. The summed E-state index contributed by atoms with van der Waals surface area (Å²) in [5, 5.41) is 3.55. The number of ether oxygens (including phenoxy) is 2. The summed E-state index contributed by atoms with van der Waals surface area (Å²) in [6.07, 6.45) is 3.02. The molecule has 1 N–H and O–H groups in total. The van der Waals surface area contributed by atoms with Gasteiger partial charge in [0.25, 0.3) is 0 Å². The van der Waals surface area contributed by atoms with Crippen LogP contribution in [0.3, 0.4) is 0 Å². The molecule has 3 nitrogen and oxygen atoms in total. The maximum atomic E-state index is 5.76. The highest BCUT2D eigenvalue weighted by Gasteiger charge is 2.21. The average molecular weight is 253 g/mol. The van der Waals surface area contributed by atoms with Gasteiger partial charge in [-0.15, -0.1) is 11.3 Å². The van der Waals surface area contributed by atoms with Crippen molar-refractivity contribution >= 4 is 11.3 Å². The van der Waals surface area contributed by atoms with Gasteiger partial charge in [0.15, 0.2) is 0 Å². The van der Waals surface area contributed by atoms with E-state index in [-0.39, 0.29) is 0 Å². The molecule has 2 heterocycles. The third-order valence-electron chi connectivity index (χ3n) is 3.30. The van der Waals surface area contributed by atoms with E-state index in [9.17, 15) is 0 Å². The first-order valence-corrected chi connectivity index (χ1v) is 7.14. The van der Waals surface area contributed by atoms with Crippen LogP contribution < -0.4 is 5.32 Å². The van der Waals surface area contributed by atoms with E-state index in [4.69, 9.17) is 9.47 Å². The summed E-state index contributed by atoms with van der Waals surface area (Å²) in [7, 11) is 0. The molecule has 3 rings (SSSR count). The summed E-state index contributed by atoms with van der Waals surface area (Å²) < 4.78 is 10.9. The predicted octanol–water partition coefficient (Wildman–Crippen LogP) is 2.22. The van der Waals surface area contributed by atoms with Gasteiger partial charge in [0, 0.05) is 22.3 Å². The van der Waals surface area contributed by atoms with Crippen molar-refractivity contribution < 1.29 is 9.47 Å². The first-order valence-electron chi connectivity index (χ1n) is 6.32. The Bertz CT molecular complexity index is 383. The van der Waals surface area contributed by atoms with Gasteiger partial charge in [-0.1, -0.05) is 0 Å². The molecule has 4 heteroatoms. The lowest BCUT2D eigenvalue weighted by molar-refractivity contribution is -0.135. The van der Waals surface area contributed by atoms with Crippen LogP contribution in [-0.4, -0.2) is 25.4 Å². The summed E-state index contributed by atoms with van der Waals surface area (Å²) in [4.78, 5) is 2.82. The Balaban J connectivity index is 1.51. The van der Waals surface area contributed by atoms with E-state index in [2.05, 4.69) is 18.3 Å². The van der Waals surface area contributed by atoms with Gasteiger partial charge in [-0.3, -0.25) is 0 Å². The maximum Gasteiger partial charge on any atom is 0.105 e. The van der Waals surface area contributed by atoms with E-state index >= 15 is 0 Å². The normalized spacial score (nSPS) is 20.5. The largest absolute Gasteiger partial charge is 0.376 e. The molecule has 94 valence electrons. The van der Waals surface area contributed by atoms with E-state index in [0.717, 1.165) is 32.4 Å². The van der Waals surface area contributed by atoms with Gasteiger partial charge >= 0.3 is 0 Å². The van der Waals surface area contributed by atoms with Gasteiger partial charge in [-0.2, -0.15) is 0 Å². The molecule has 0 radical (unpaired) electrons. The van der Waals surface area contributed by atoms with Gasteiger partial charge in [0.1, 0.15) is 6.10 Å². The maximum absolute atomic E-state index is 5.76. The smallest absolute Gasteiger partial charge is 0.105 e. The highest BCUT2D eigenvalue weighted by Crippen LogP contribution is 2.25. The van der Waals surface area contributed by atoms with Crippen LogP contribution in [0, 0.1) is 6.92 Å². The van der Waals surface area contributed by atoms with Crippen LogP contribution in [0.4, 0.5) is 0 Å². The quantitative estimate of drug-likeness (QED) is 0.843. The third-order valence-corrected chi connectivity index (χ3v) is 4.39. The van der Waals surface area contributed by atoms with E-state index < -0.39 is 0 Å². The van der Waals surface area contributed by atoms with Crippen molar-refractivity contribution in [2.45, 2.75) is 45.1 Å². The molecule has 2 fully saturated rings. The Kier molecular flexibility index (Phi) is 3.47. The molecule has 2 aliphatic rings. The second-order valence-electron chi connectivity index (χ2n) is 4.92. The van der Waals surface area contributed by atoms with Gasteiger partial charge in [0.2, 0.25) is 0 Å². The molecule has 0 spiro atoms. The molecule has 0 unspecified atom stereocenters. The van der Waals surface area contributed by atoms with Gasteiger partial charge in [-0.05, 0) is 31.4 Å². The van der Waals surface area contributed by atoms with Crippen molar-refractivity contribution in [2.75, 3.05) is 13.2 Å². The van der Waals surface area contributed by atoms with Crippen LogP contribution in [0.5, 0.6) is 0 Å². The molecule has 1 aliphatic carbocycles. The Morgan fingerprint density at radius 1 is 1.47 bits per heavy atom. The molecule has 0 aromatic carbocycles. The number of nitrogens with one attached hydrogen (secondary N) is 1. The topological polar surface area (TPSA) is 30.5 Å². The lowest BCUT2D eigenvalue weighted by Crippen LogP contribution is -2.35. The molecule has 1 saturated heterocycles. The van der Waals surface area contributed by atoms with Crippen molar-refractivity contribution in [2.24, 2.45) is 0 Å². The predicted molar refractivity (Wildman–Crippen MR) is 68.3 cm³/mol. The summed E-state index contributed by atoms with van der Waals surface area (Å²) in [5.74, 6) is 0. The van der Waals surface area contributed by atoms with Crippen molar-refractivity contribution in [3.63, 3.8) is 0 Å². The van der Waals surface area contributed by atoms with Crippen LogP contribution in [0.1, 0.15) is 28.2 Å². The van der Waals surface area contributed by atoms with Gasteiger partial charge in [0.05, 0.1) is 19.8 Å². The summed E-state index contributed by atoms with van der Waals surface area (Å²) in [5.41, 5.74) is 1.34. The fraction of sp³-hybridized carbons (Fsp3) is 0.692. The molecular formula is C13H19NO2S. The summed E-state index contributed by atoms with van der Waals surface area (Å²) in [6, 6.07) is 3.07. The molecule has 0 amide bonds. The number of aryl methyl sites for hydroxylation is 1. The molecular weight excluding hydrogens is 234 g/mol. The minimum atomic E-state index is 0.322. The highest BCUT2D eigenvalue weighted by atomic mass is 32.1. The molecule has 1 aromatic rings. The highest BCUT2D eigenvalue weighted by molar-refractivity contribution is 7.12. The van der Waals surface area contributed by atoms with Crippen LogP contribution in [0.2, 0.25) is 0 Å². The molecule has 17 heavy (non-hydrogen) atoms. The Morgan fingerprint density at radius 2 is 2.29 bits per heavy atom. The first kappa shape index (κ1) is 11.7. The van der Waals surface area contributed by atoms with Gasteiger partial charge < -0.3 is 14.8 Å². The molecule has 0 bridgehead atoms. The molecule has 1 aliphatic heterocycles.